The molecular weight excluding hydrogens is 424 g/mol. The van der Waals surface area contributed by atoms with E-state index in [2.05, 4.69) is 16.2 Å². The third kappa shape index (κ3) is 4.97. The quantitative estimate of drug-likeness (QED) is 0.441. The van der Waals surface area contributed by atoms with Crippen molar-refractivity contribution in [2.24, 2.45) is 0 Å². The molecule has 1 heterocycles. The summed E-state index contributed by atoms with van der Waals surface area (Å²) in [6, 6.07) is 16.5. The van der Waals surface area contributed by atoms with E-state index in [0.717, 1.165) is 28.9 Å². The number of nitrogens with one attached hydrogen (secondary N) is 3. The number of imide groups is 1. The summed E-state index contributed by atoms with van der Waals surface area (Å²) in [4.78, 5) is 50.1. The lowest BCUT2D eigenvalue weighted by Gasteiger charge is -2.19. The molecule has 1 saturated heterocycles. The van der Waals surface area contributed by atoms with Gasteiger partial charge in [0.25, 0.3) is 11.8 Å². The predicted molar refractivity (Wildman–Crippen MR) is 120 cm³/mol. The third-order valence-electron chi connectivity index (χ3n) is 5.94. The first-order chi connectivity index (χ1) is 16.0. The Bertz CT molecular complexity index is 1050. The molecule has 0 bridgehead atoms. The molecule has 4 rings (SSSR count). The number of amides is 5. The van der Waals surface area contributed by atoms with Gasteiger partial charge in [0.05, 0.1) is 0 Å². The van der Waals surface area contributed by atoms with Gasteiger partial charge < -0.3 is 10.1 Å². The second kappa shape index (κ2) is 9.72. The highest BCUT2D eigenvalue weighted by atomic mass is 16.5. The first-order valence-electron chi connectivity index (χ1n) is 11.0. The van der Waals surface area contributed by atoms with E-state index in [1.54, 1.807) is 6.07 Å². The molecule has 0 radical (unpaired) electrons. The van der Waals surface area contributed by atoms with Gasteiger partial charge in [0.1, 0.15) is 11.3 Å². The highest BCUT2D eigenvalue weighted by Gasteiger charge is 2.52. The van der Waals surface area contributed by atoms with Crippen molar-refractivity contribution in [3.05, 3.63) is 54.6 Å². The van der Waals surface area contributed by atoms with Crippen molar-refractivity contribution < 1.29 is 23.9 Å². The molecule has 2 aliphatic rings. The number of carbonyl (C=O) groups is 4. The van der Waals surface area contributed by atoms with Crippen LogP contribution in [0, 0.1) is 0 Å². The van der Waals surface area contributed by atoms with E-state index in [1.165, 1.54) is 0 Å². The molecule has 1 aliphatic heterocycles. The van der Waals surface area contributed by atoms with E-state index in [-0.39, 0.29) is 25.5 Å². The van der Waals surface area contributed by atoms with Gasteiger partial charge in [0.15, 0.2) is 6.61 Å². The maximum absolute atomic E-state index is 12.6. The fourth-order valence-electron chi connectivity index (χ4n) is 4.24. The summed E-state index contributed by atoms with van der Waals surface area (Å²) in [5, 5.41) is 2.77. The second-order valence-electron chi connectivity index (χ2n) is 8.17. The van der Waals surface area contributed by atoms with E-state index in [4.69, 9.17) is 4.74 Å². The van der Waals surface area contributed by atoms with Gasteiger partial charge in [-0.3, -0.25) is 30.1 Å². The van der Waals surface area contributed by atoms with Crippen LogP contribution in [0.2, 0.25) is 0 Å². The minimum atomic E-state index is -0.796. The molecule has 0 unspecified atom stereocenters. The van der Waals surface area contributed by atoms with Gasteiger partial charge in [-0.2, -0.15) is 0 Å². The van der Waals surface area contributed by atoms with Crippen LogP contribution in [-0.2, 0) is 14.4 Å². The summed E-state index contributed by atoms with van der Waals surface area (Å²) in [7, 11) is 0. The first-order valence-corrected chi connectivity index (χ1v) is 11.0. The van der Waals surface area contributed by atoms with Crippen molar-refractivity contribution in [1.82, 2.24) is 21.1 Å². The lowest BCUT2D eigenvalue weighted by molar-refractivity contribution is -0.132. The predicted octanol–water partition coefficient (Wildman–Crippen LogP) is 2.13. The molecule has 3 N–H and O–H groups in total. The Hall–Kier alpha value is -3.88. The number of hydrazine groups is 1. The molecule has 9 heteroatoms. The molecular formula is C24H26N4O5. The zero-order valence-corrected chi connectivity index (χ0v) is 18.1. The Labute approximate surface area is 191 Å². The lowest BCUT2D eigenvalue weighted by Crippen LogP contribution is -2.46. The van der Waals surface area contributed by atoms with E-state index >= 15 is 0 Å². The van der Waals surface area contributed by atoms with Crippen LogP contribution < -0.4 is 20.9 Å². The molecule has 2 aromatic carbocycles. The highest BCUT2D eigenvalue weighted by Crippen LogP contribution is 2.35. The van der Waals surface area contributed by atoms with Crippen molar-refractivity contribution >= 4 is 23.8 Å². The molecule has 33 heavy (non-hydrogen) atoms. The van der Waals surface area contributed by atoms with Crippen LogP contribution in [0.5, 0.6) is 5.75 Å². The Morgan fingerprint density at radius 2 is 1.61 bits per heavy atom. The molecule has 9 nitrogen and oxygen atoms in total. The van der Waals surface area contributed by atoms with Crippen molar-refractivity contribution in [3.8, 4) is 16.9 Å². The van der Waals surface area contributed by atoms with Gasteiger partial charge in [-0.25, -0.2) is 4.79 Å². The van der Waals surface area contributed by atoms with E-state index in [1.807, 2.05) is 48.5 Å². The Morgan fingerprint density at radius 3 is 2.36 bits per heavy atom. The molecule has 5 amide bonds. The van der Waals surface area contributed by atoms with Crippen LogP contribution in [0.1, 0.15) is 32.1 Å². The van der Waals surface area contributed by atoms with Crippen molar-refractivity contribution in [2.75, 3.05) is 13.2 Å². The Kier molecular flexibility index (Phi) is 6.58. The van der Waals surface area contributed by atoms with Crippen molar-refractivity contribution in [3.63, 3.8) is 0 Å². The molecule has 2 fully saturated rings. The summed E-state index contributed by atoms with van der Waals surface area (Å²) in [5.74, 6) is -0.774. The molecule has 2 aromatic rings. The summed E-state index contributed by atoms with van der Waals surface area (Å²) < 4.78 is 5.64. The average Bonchev–Trinajstić information content (AvgIpc) is 3.40. The van der Waals surface area contributed by atoms with Gasteiger partial charge in [0, 0.05) is 18.5 Å². The number of urea groups is 1. The number of para-hydroxylation sites is 1. The summed E-state index contributed by atoms with van der Waals surface area (Å²) >= 11 is 0. The number of hydrogen-bond acceptors (Lipinski definition) is 5. The first kappa shape index (κ1) is 22.3. The summed E-state index contributed by atoms with van der Waals surface area (Å²) in [6.45, 7) is -0.339. The second-order valence-corrected chi connectivity index (χ2v) is 8.17. The zero-order chi connectivity index (χ0) is 23.3. The molecule has 1 saturated carbocycles. The number of rotatable bonds is 7. The lowest BCUT2D eigenvalue weighted by atomic mass is 9.98. The summed E-state index contributed by atoms with van der Waals surface area (Å²) in [5.41, 5.74) is 5.60. The minimum Gasteiger partial charge on any atom is -0.483 e. The molecule has 1 spiro atoms. The van der Waals surface area contributed by atoms with E-state index in [0.29, 0.717) is 18.6 Å². The van der Waals surface area contributed by atoms with Gasteiger partial charge in [-0.05, 0) is 24.5 Å². The maximum atomic E-state index is 12.6. The highest BCUT2D eigenvalue weighted by molar-refractivity contribution is 6.07. The smallest absolute Gasteiger partial charge is 0.325 e. The van der Waals surface area contributed by atoms with Gasteiger partial charge >= 0.3 is 6.03 Å². The fourth-order valence-corrected chi connectivity index (χ4v) is 4.24. The molecule has 172 valence electrons. The van der Waals surface area contributed by atoms with E-state index < -0.39 is 23.4 Å². The molecule has 0 atom stereocenters. The number of hydrogen-bond donors (Lipinski definition) is 3. The van der Waals surface area contributed by atoms with Crippen LogP contribution in [-0.4, -0.2) is 47.3 Å². The number of ether oxygens (including phenoxy) is 1. The molecule has 1 aliphatic carbocycles. The fraction of sp³-hybridized carbons (Fsp3) is 0.333. The van der Waals surface area contributed by atoms with Gasteiger partial charge in [-0.1, -0.05) is 61.4 Å². The summed E-state index contributed by atoms with van der Waals surface area (Å²) in [6.07, 6.45) is 2.93. The third-order valence-corrected chi connectivity index (χ3v) is 5.94. The normalized spacial score (nSPS) is 16.5. The van der Waals surface area contributed by atoms with Crippen LogP contribution in [0.25, 0.3) is 11.1 Å². The van der Waals surface area contributed by atoms with Crippen LogP contribution in [0.3, 0.4) is 0 Å². The minimum absolute atomic E-state index is 0.0466. The van der Waals surface area contributed by atoms with Crippen LogP contribution in [0.15, 0.2) is 54.6 Å². The van der Waals surface area contributed by atoms with Crippen molar-refractivity contribution in [1.29, 1.82) is 0 Å². The monoisotopic (exact) mass is 450 g/mol. The zero-order valence-electron chi connectivity index (χ0n) is 18.1. The standard InChI is InChI=1S/C24H26N4O5/c29-20(12-15-28-22(31)24(25-23(28)32)13-6-7-14-24)26-27-21(30)16-33-19-11-5-4-10-18(19)17-8-2-1-3-9-17/h1-5,8-11H,6-7,12-16H2,(H,25,32)(H,26,29)(H,27,30). The van der Waals surface area contributed by atoms with Crippen molar-refractivity contribution in [2.45, 2.75) is 37.6 Å². The largest absolute Gasteiger partial charge is 0.483 e. The number of nitrogens with zero attached hydrogens (tertiary/aromatic N) is 1. The Morgan fingerprint density at radius 1 is 0.939 bits per heavy atom. The van der Waals surface area contributed by atoms with Crippen LogP contribution >= 0.6 is 0 Å². The number of carbonyl (C=O) groups excluding carboxylic acids is 4. The van der Waals surface area contributed by atoms with Crippen LogP contribution in [0.4, 0.5) is 4.79 Å². The average molecular weight is 450 g/mol. The topological polar surface area (TPSA) is 117 Å². The van der Waals surface area contributed by atoms with Gasteiger partial charge in [-0.15, -0.1) is 0 Å². The SMILES string of the molecule is O=C(CCN1C(=O)NC2(CCCC2)C1=O)NNC(=O)COc1ccccc1-c1ccccc1. The van der Waals surface area contributed by atoms with E-state index in [9.17, 15) is 19.2 Å². The molecule has 0 aromatic heterocycles. The maximum Gasteiger partial charge on any atom is 0.325 e. The number of benzene rings is 2. The van der Waals surface area contributed by atoms with Gasteiger partial charge in [0.2, 0.25) is 5.91 Å². The Balaban J connectivity index is 1.22.